The summed E-state index contributed by atoms with van der Waals surface area (Å²) in [5, 5.41) is 0. The molecule has 3 aliphatic heterocycles. The lowest BCUT2D eigenvalue weighted by Gasteiger charge is -2.35. The van der Waals surface area contributed by atoms with Crippen molar-refractivity contribution in [2.45, 2.75) is 70.0 Å². The molecule has 4 rings (SSSR count). The summed E-state index contributed by atoms with van der Waals surface area (Å²) in [7, 11) is 0. The smallest absolute Gasteiger partial charge is 0.343 e. The zero-order valence-electron chi connectivity index (χ0n) is 15.5. The summed E-state index contributed by atoms with van der Waals surface area (Å²) in [5.41, 5.74) is 0. The van der Waals surface area contributed by atoms with Gasteiger partial charge in [0.2, 0.25) is 0 Å². The number of fused-ring (bicyclic) bond motifs is 3. The largest absolute Gasteiger partial charge is 0.422 e. The lowest BCUT2D eigenvalue weighted by Crippen LogP contribution is -2.58. The molecule has 0 unspecified atom stereocenters. The zero-order chi connectivity index (χ0) is 20.4. The quantitative estimate of drug-likeness (QED) is 0.378. The van der Waals surface area contributed by atoms with Crippen molar-refractivity contribution in [1.82, 2.24) is 0 Å². The van der Waals surface area contributed by atoms with E-state index in [1.165, 1.54) is 0 Å². The highest BCUT2D eigenvalue weighted by atomic mass is 79.9. The van der Waals surface area contributed by atoms with Gasteiger partial charge in [-0.25, -0.2) is 4.79 Å². The molecule has 1 aromatic carbocycles. The van der Waals surface area contributed by atoms with Crippen LogP contribution in [0.4, 0.5) is 0 Å². The molecule has 154 valence electrons. The molecule has 1 aromatic rings. The van der Waals surface area contributed by atoms with Crippen LogP contribution in [0, 0.1) is 0 Å². The van der Waals surface area contributed by atoms with Gasteiger partial charge in [-0.2, -0.15) is 0 Å². The monoisotopic (exact) mass is 584 g/mol. The lowest BCUT2D eigenvalue weighted by atomic mass is 9.99. The van der Waals surface area contributed by atoms with Crippen LogP contribution in [-0.4, -0.2) is 48.2 Å². The van der Waals surface area contributed by atoms with Gasteiger partial charge in [0, 0.05) is 4.47 Å². The molecule has 7 nitrogen and oxygen atoms in total. The Labute approximate surface area is 187 Å². The van der Waals surface area contributed by atoms with E-state index >= 15 is 0 Å². The van der Waals surface area contributed by atoms with E-state index in [1.807, 2.05) is 0 Å². The Morgan fingerprint density at radius 1 is 0.893 bits per heavy atom. The van der Waals surface area contributed by atoms with Gasteiger partial charge in [-0.05, 0) is 71.7 Å². The summed E-state index contributed by atoms with van der Waals surface area (Å²) in [6, 6.07) is 3.56. The minimum Gasteiger partial charge on any atom is -0.422 e. The van der Waals surface area contributed by atoms with Gasteiger partial charge >= 0.3 is 5.97 Å². The molecule has 0 aromatic heterocycles. The van der Waals surface area contributed by atoms with Crippen LogP contribution in [0.1, 0.15) is 27.7 Å². The molecule has 0 bridgehead atoms. The van der Waals surface area contributed by atoms with Gasteiger partial charge in [-0.3, -0.25) is 0 Å². The minimum atomic E-state index is -1.03. The maximum absolute atomic E-state index is 13.0. The van der Waals surface area contributed by atoms with E-state index in [4.69, 9.17) is 28.4 Å². The number of carbonyl (C=O) groups is 1. The zero-order valence-corrected chi connectivity index (χ0v) is 20.3. The number of benzene rings is 1. The van der Waals surface area contributed by atoms with E-state index in [0.717, 1.165) is 4.47 Å². The first-order valence-corrected chi connectivity index (χ1v) is 11.1. The van der Waals surface area contributed by atoms with Gasteiger partial charge in [0.05, 0.1) is 8.95 Å². The molecule has 10 heteroatoms. The van der Waals surface area contributed by atoms with Crippen LogP contribution in [0.3, 0.4) is 0 Å². The van der Waals surface area contributed by atoms with E-state index < -0.39 is 48.2 Å². The average Bonchev–Trinajstić information content (AvgIpc) is 3.03. The number of ether oxygens (including phenoxy) is 6. The highest BCUT2D eigenvalue weighted by Crippen LogP contribution is 2.45. The number of hydrogen-bond donors (Lipinski definition) is 0. The van der Waals surface area contributed by atoms with E-state index in [0.29, 0.717) is 14.7 Å². The van der Waals surface area contributed by atoms with E-state index in [2.05, 4.69) is 47.8 Å². The summed E-state index contributed by atoms with van der Waals surface area (Å²) in [6.07, 6.45) is -3.51. The van der Waals surface area contributed by atoms with E-state index in [9.17, 15) is 4.79 Å². The highest BCUT2D eigenvalue weighted by molar-refractivity contribution is 9.11. The second-order valence-corrected chi connectivity index (χ2v) is 10.3. The Morgan fingerprint density at radius 2 is 1.43 bits per heavy atom. The van der Waals surface area contributed by atoms with Crippen molar-refractivity contribution in [3.05, 3.63) is 25.6 Å². The van der Waals surface area contributed by atoms with Crippen molar-refractivity contribution in [2.75, 3.05) is 0 Å². The lowest BCUT2D eigenvalue weighted by molar-refractivity contribution is -0.236. The van der Waals surface area contributed by atoms with Gasteiger partial charge in [-0.1, -0.05) is 15.9 Å². The molecular weight excluding hydrogens is 568 g/mol. The van der Waals surface area contributed by atoms with Gasteiger partial charge in [0.25, 0.3) is 0 Å². The van der Waals surface area contributed by atoms with Gasteiger partial charge < -0.3 is 28.4 Å². The average molecular weight is 587 g/mol. The van der Waals surface area contributed by atoms with Crippen molar-refractivity contribution < 1.29 is 33.2 Å². The summed E-state index contributed by atoms with van der Waals surface area (Å²) in [5.74, 6) is -2.00. The molecule has 3 saturated heterocycles. The number of hydrogen-bond acceptors (Lipinski definition) is 7. The fourth-order valence-electron chi connectivity index (χ4n) is 3.59. The number of halogens is 3. The Hall–Kier alpha value is -0.0700. The van der Waals surface area contributed by atoms with Crippen molar-refractivity contribution >= 4 is 53.8 Å². The third kappa shape index (κ3) is 3.94. The summed E-state index contributed by atoms with van der Waals surface area (Å²) < 4.78 is 37.3. The Balaban J connectivity index is 1.61. The molecular formula is C18H19Br3O7. The van der Waals surface area contributed by atoms with Crippen LogP contribution in [0.25, 0.3) is 0 Å². The second-order valence-electron chi connectivity index (χ2n) is 7.71. The van der Waals surface area contributed by atoms with Gasteiger partial charge in [-0.15, -0.1) is 0 Å². The third-order valence-electron chi connectivity index (χ3n) is 4.55. The second kappa shape index (κ2) is 7.26. The molecule has 0 N–H and O–H groups in total. The standard InChI is InChI=1S/C18H19Br3O7/c1-17(2)25-11-12(26-17)14-16(28-18(3,4)27-14)24-13(11)15(22)23-10-8(20)5-7(19)6-9(10)21/h5-6,11-14,16H,1-4H3/t11-,12+,13+,14-,16-/m1/s1. The molecule has 0 radical (unpaired) electrons. The fraction of sp³-hybridized carbons (Fsp3) is 0.611. The van der Waals surface area contributed by atoms with Crippen LogP contribution in [-0.2, 0) is 28.5 Å². The maximum atomic E-state index is 13.0. The maximum Gasteiger partial charge on any atom is 0.343 e. The first-order chi connectivity index (χ1) is 13.0. The summed E-state index contributed by atoms with van der Waals surface area (Å²) >= 11 is 10.2. The van der Waals surface area contributed by atoms with Crippen molar-refractivity contribution in [3.8, 4) is 5.75 Å². The molecule has 0 spiro atoms. The van der Waals surface area contributed by atoms with Gasteiger partial charge in [0.1, 0.15) is 18.3 Å². The van der Waals surface area contributed by atoms with Crippen LogP contribution in [0.2, 0.25) is 0 Å². The SMILES string of the molecule is CC1(C)O[C@H]2[C@@H](O1)[C@@H](C(=O)Oc1c(Br)cc(Br)cc1Br)O[C@@H]1OC(C)(C)O[C@@H]12. The van der Waals surface area contributed by atoms with Crippen LogP contribution >= 0.6 is 47.8 Å². The first kappa shape index (κ1) is 21.2. The normalized spacial score (nSPS) is 35.3. The fourth-order valence-corrected chi connectivity index (χ4v) is 6.01. The molecule has 5 atom stereocenters. The van der Waals surface area contributed by atoms with E-state index in [-0.39, 0.29) is 0 Å². The van der Waals surface area contributed by atoms with Crippen molar-refractivity contribution in [2.24, 2.45) is 0 Å². The summed E-state index contributed by atoms with van der Waals surface area (Å²) in [6.45, 7) is 7.14. The molecule has 28 heavy (non-hydrogen) atoms. The molecule has 0 amide bonds. The third-order valence-corrected chi connectivity index (χ3v) is 6.19. The molecule has 3 heterocycles. The van der Waals surface area contributed by atoms with Gasteiger partial charge in [0.15, 0.2) is 29.7 Å². The number of carbonyl (C=O) groups excluding carboxylic acids is 1. The van der Waals surface area contributed by atoms with E-state index in [1.54, 1.807) is 39.8 Å². The number of rotatable bonds is 2. The topological polar surface area (TPSA) is 72.5 Å². The van der Waals surface area contributed by atoms with Crippen molar-refractivity contribution in [3.63, 3.8) is 0 Å². The highest BCUT2D eigenvalue weighted by Gasteiger charge is 2.62. The Morgan fingerprint density at radius 3 is 2.07 bits per heavy atom. The predicted molar refractivity (Wildman–Crippen MR) is 108 cm³/mol. The Bertz CT molecular complexity index is 789. The minimum absolute atomic E-state index is 0.345. The van der Waals surface area contributed by atoms with Crippen molar-refractivity contribution in [1.29, 1.82) is 0 Å². The molecule has 3 fully saturated rings. The predicted octanol–water partition coefficient (Wildman–Crippen LogP) is 4.28. The number of esters is 1. The summed E-state index contributed by atoms with van der Waals surface area (Å²) in [4.78, 5) is 13.0. The molecule has 0 aliphatic carbocycles. The van der Waals surface area contributed by atoms with Crippen LogP contribution < -0.4 is 4.74 Å². The molecule has 3 aliphatic rings. The first-order valence-electron chi connectivity index (χ1n) is 8.69. The van der Waals surface area contributed by atoms with Crippen LogP contribution in [0.5, 0.6) is 5.75 Å². The Kier molecular flexibility index (Phi) is 5.49. The molecule has 0 saturated carbocycles. The van der Waals surface area contributed by atoms with Crippen LogP contribution in [0.15, 0.2) is 25.6 Å².